The zero-order chi connectivity index (χ0) is 14.4. The molecule has 0 aliphatic carbocycles. The molecule has 0 aliphatic heterocycles. The summed E-state index contributed by atoms with van der Waals surface area (Å²) in [5, 5.41) is 2.90. The first-order chi connectivity index (χ1) is 8.97. The van der Waals surface area contributed by atoms with Crippen molar-refractivity contribution in [3.63, 3.8) is 0 Å². The fourth-order valence-corrected chi connectivity index (χ4v) is 1.88. The third kappa shape index (κ3) is 4.56. The number of carbonyl (C=O) groups excluding carboxylic acids is 1. The van der Waals surface area contributed by atoms with Crippen LogP contribution in [0, 0.1) is 5.92 Å². The van der Waals surface area contributed by atoms with E-state index in [1.165, 1.54) is 0 Å². The van der Waals surface area contributed by atoms with E-state index in [0.717, 1.165) is 17.0 Å². The topological polar surface area (TPSA) is 64.3 Å². The minimum atomic E-state index is -0.00202. The number of rotatable bonds is 6. The summed E-state index contributed by atoms with van der Waals surface area (Å²) in [6.07, 6.45) is 0.444. The molecule has 0 heterocycles. The van der Waals surface area contributed by atoms with Crippen LogP contribution in [-0.2, 0) is 4.79 Å². The number of nitrogens with two attached hydrogens (primary N) is 1. The number of ether oxygens (including phenoxy) is 1. The standard InChI is InChI=1S/C15H24N2O2/c1-10(2)13-8-12(5-6-14(13)19-4)17-15(18)7-11(3)9-16/h5-6,8,10-11H,7,9,16H2,1-4H3,(H,17,18). The van der Waals surface area contributed by atoms with Crippen molar-refractivity contribution in [2.45, 2.75) is 33.1 Å². The van der Waals surface area contributed by atoms with Gasteiger partial charge in [0.25, 0.3) is 0 Å². The van der Waals surface area contributed by atoms with Crippen molar-refractivity contribution in [1.82, 2.24) is 0 Å². The maximum Gasteiger partial charge on any atom is 0.224 e. The Balaban J connectivity index is 2.79. The van der Waals surface area contributed by atoms with Gasteiger partial charge in [-0.3, -0.25) is 4.79 Å². The number of hydrogen-bond acceptors (Lipinski definition) is 3. The van der Waals surface area contributed by atoms with Gasteiger partial charge in [0.05, 0.1) is 7.11 Å². The van der Waals surface area contributed by atoms with E-state index in [9.17, 15) is 4.79 Å². The van der Waals surface area contributed by atoms with Gasteiger partial charge in [-0.2, -0.15) is 0 Å². The van der Waals surface area contributed by atoms with Crippen molar-refractivity contribution in [3.05, 3.63) is 23.8 Å². The highest BCUT2D eigenvalue weighted by molar-refractivity contribution is 5.91. The lowest BCUT2D eigenvalue weighted by Gasteiger charge is -2.15. The molecule has 1 rings (SSSR count). The van der Waals surface area contributed by atoms with E-state index < -0.39 is 0 Å². The molecule has 0 spiro atoms. The smallest absolute Gasteiger partial charge is 0.224 e. The van der Waals surface area contributed by atoms with E-state index >= 15 is 0 Å². The predicted molar refractivity (Wildman–Crippen MR) is 78.5 cm³/mol. The fraction of sp³-hybridized carbons (Fsp3) is 0.533. The molecule has 1 atom stereocenters. The molecular weight excluding hydrogens is 240 g/mol. The number of carbonyl (C=O) groups is 1. The van der Waals surface area contributed by atoms with E-state index in [0.29, 0.717) is 18.9 Å². The third-order valence-electron chi connectivity index (χ3n) is 3.07. The molecule has 106 valence electrons. The minimum absolute atomic E-state index is 0.00202. The number of anilines is 1. The molecule has 0 saturated heterocycles. The first-order valence-electron chi connectivity index (χ1n) is 6.65. The highest BCUT2D eigenvalue weighted by Crippen LogP contribution is 2.29. The number of methoxy groups -OCH3 is 1. The van der Waals surface area contributed by atoms with E-state index in [-0.39, 0.29) is 11.8 Å². The van der Waals surface area contributed by atoms with Crippen LogP contribution >= 0.6 is 0 Å². The molecule has 0 bridgehead atoms. The summed E-state index contributed by atoms with van der Waals surface area (Å²) < 4.78 is 5.32. The van der Waals surface area contributed by atoms with Crippen molar-refractivity contribution >= 4 is 11.6 Å². The van der Waals surface area contributed by atoms with Gasteiger partial charge in [0.1, 0.15) is 5.75 Å². The average Bonchev–Trinajstić information content (AvgIpc) is 2.38. The maximum absolute atomic E-state index is 11.8. The quantitative estimate of drug-likeness (QED) is 0.830. The Labute approximate surface area is 115 Å². The van der Waals surface area contributed by atoms with Crippen molar-refractivity contribution in [3.8, 4) is 5.75 Å². The fourth-order valence-electron chi connectivity index (χ4n) is 1.88. The van der Waals surface area contributed by atoms with Gasteiger partial charge < -0.3 is 15.8 Å². The van der Waals surface area contributed by atoms with Gasteiger partial charge >= 0.3 is 0 Å². The number of benzene rings is 1. The molecule has 4 heteroatoms. The second kappa shape index (κ2) is 7.14. The largest absolute Gasteiger partial charge is 0.496 e. The Hall–Kier alpha value is -1.55. The van der Waals surface area contributed by atoms with Crippen LogP contribution in [0.2, 0.25) is 0 Å². The average molecular weight is 264 g/mol. The molecule has 0 radical (unpaired) electrons. The van der Waals surface area contributed by atoms with Crippen molar-refractivity contribution in [2.24, 2.45) is 11.7 Å². The van der Waals surface area contributed by atoms with Crippen LogP contribution < -0.4 is 15.8 Å². The minimum Gasteiger partial charge on any atom is -0.496 e. The van der Waals surface area contributed by atoms with Crippen LogP contribution in [0.25, 0.3) is 0 Å². The summed E-state index contributed by atoms with van der Waals surface area (Å²) in [6, 6.07) is 5.71. The summed E-state index contributed by atoms with van der Waals surface area (Å²) in [5.41, 5.74) is 7.41. The number of hydrogen-bond donors (Lipinski definition) is 2. The van der Waals surface area contributed by atoms with Crippen molar-refractivity contribution < 1.29 is 9.53 Å². The van der Waals surface area contributed by atoms with Crippen molar-refractivity contribution in [1.29, 1.82) is 0 Å². The van der Waals surface area contributed by atoms with Gasteiger partial charge in [-0.25, -0.2) is 0 Å². The molecular formula is C15H24N2O2. The lowest BCUT2D eigenvalue weighted by molar-refractivity contribution is -0.116. The zero-order valence-corrected chi connectivity index (χ0v) is 12.2. The number of nitrogens with one attached hydrogen (secondary N) is 1. The molecule has 0 aromatic heterocycles. The second-order valence-electron chi connectivity index (χ2n) is 5.20. The Morgan fingerprint density at radius 3 is 2.58 bits per heavy atom. The molecule has 0 fully saturated rings. The van der Waals surface area contributed by atoms with Crippen LogP contribution in [0.5, 0.6) is 5.75 Å². The van der Waals surface area contributed by atoms with Gasteiger partial charge in [-0.05, 0) is 42.1 Å². The monoisotopic (exact) mass is 264 g/mol. The Morgan fingerprint density at radius 1 is 1.37 bits per heavy atom. The van der Waals surface area contributed by atoms with E-state index in [1.807, 2.05) is 25.1 Å². The molecule has 0 saturated carbocycles. The molecule has 0 aliphatic rings. The lowest BCUT2D eigenvalue weighted by Crippen LogP contribution is -2.20. The van der Waals surface area contributed by atoms with Crippen LogP contribution in [0.4, 0.5) is 5.69 Å². The Bertz CT molecular complexity index is 430. The molecule has 1 amide bonds. The summed E-state index contributed by atoms with van der Waals surface area (Å²) in [5.74, 6) is 1.39. The highest BCUT2D eigenvalue weighted by atomic mass is 16.5. The van der Waals surface area contributed by atoms with Gasteiger partial charge in [-0.1, -0.05) is 20.8 Å². The lowest BCUT2D eigenvalue weighted by atomic mass is 10.0. The SMILES string of the molecule is COc1ccc(NC(=O)CC(C)CN)cc1C(C)C. The Kier molecular flexibility index (Phi) is 5.83. The maximum atomic E-state index is 11.8. The third-order valence-corrected chi connectivity index (χ3v) is 3.07. The molecule has 3 N–H and O–H groups in total. The van der Waals surface area contributed by atoms with Crippen LogP contribution in [0.15, 0.2) is 18.2 Å². The summed E-state index contributed by atoms with van der Waals surface area (Å²) in [4.78, 5) is 11.8. The number of amides is 1. The summed E-state index contributed by atoms with van der Waals surface area (Å²) in [6.45, 7) is 6.68. The Morgan fingerprint density at radius 2 is 2.05 bits per heavy atom. The molecule has 1 aromatic carbocycles. The molecule has 1 unspecified atom stereocenters. The normalized spacial score (nSPS) is 12.3. The zero-order valence-electron chi connectivity index (χ0n) is 12.2. The van der Waals surface area contributed by atoms with E-state index in [2.05, 4.69) is 19.2 Å². The van der Waals surface area contributed by atoms with Crippen LogP contribution in [-0.4, -0.2) is 19.6 Å². The predicted octanol–water partition coefficient (Wildman–Crippen LogP) is 2.74. The van der Waals surface area contributed by atoms with E-state index in [1.54, 1.807) is 7.11 Å². The van der Waals surface area contributed by atoms with Crippen LogP contribution in [0.3, 0.4) is 0 Å². The molecule has 19 heavy (non-hydrogen) atoms. The van der Waals surface area contributed by atoms with Gasteiger partial charge in [0, 0.05) is 12.1 Å². The molecule has 4 nitrogen and oxygen atoms in total. The van der Waals surface area contributed by atoms with Gasteiger partial charge in [0.15, 0.2) is 0 Å². The first kappa shape index (κ1) is 15.5. The van der Waals surface area contributed by atoms with Gasteiger partial charge in [-0.15, -0.1) is 0 Å². The second-order valence-corrected chi connectivity index (χ2v) is 5.20. The molecule has 1 aromatic rings. The van der Waals surface area contributed by atoms with Gasteiger partial charge in [0.2, 0.25) is 5.91 Å². The summed E-state index contributed by atoms with van der Waals surface area (Å²) in [7, 11) is 1.66. The highest BCUT2D eigenvalue weighted by Gasteiger charge is 2.11. The van der Waals surface area contributed by atoms with Crippen molar-refractivity contribution in [2.75, 3.05) is 19.0 Å². The van der Waals surface area contributed by atoms with E-state index in [4.69, 9.17) is 10.5 Å². The first-order valence-corrected chi connectivity index (χ1v) is 6.65. The van der Waals surface area contributed by atoms with Crippen LogP contribution in [0.1, 0.15) is 38.7 Å². The summed E-state index contributed by atoms with van der Waals surface area (Å²) >= 11 is 0.